The van der Waals surface area contributed by atoms with E-state index in [2.05, 4.69) is 9.88 Å². The van der Waals surface area contributed by atoms with Crippen LogP contribution in [0.1, 0.15) is 49.9 Å². The minimum absolute atomic E-state index is 0.0537. The zero-order valence-electron chi connectivity index (χ0n) is 20.1. The number of anilines is 1. The second-order valence-corrected chi connectivity index (χ2v) is 10.9. The summed E-state index contributed by atoms with van der Waals surface area (Å²) in [6, 6.07) is 7.53. The van der Waals surface area contributed by atoms with Gasteiger partial charge in [0.05, 0.1) is 21.1 Å². The van der Waals surface area contributed by atoms with E-state index in [1.807, 2.05) is 43.0 Å². The van der Waals surface area contributed by atoms with Crippen LogP contribution >= 0.6 is 11.3 Å². The molecular weight excluding hydrogens is 466 g/mol. The van der Waals surface area contributed by atoms with E-state index in [4.69, 9.17) is 10.5 Å². The number of nitrogens with two attached hydrogens (primary N) is 1. The molecule has 35 heavy (non-hydrogen) atoms. The third-order valence-corrected chi connectivity index (χ3v) is 8.25. The van der Waals surface area contributed by atoms with Crippen molar-refractivity contribution in [2.24, 2.45) is 0 Å². The zero-order chi connectivity index (χ0) is 24.7. The molecule has 0 aromatic carbocycles. The van der Waals surface area contributed by atoms with Gasteiger partial charge in [-0.15, -0.1) is 11.3 Å². The molecule has 0 bridgehead atoms. The number of piperidine rings is 2. The average Bonchev–Trinajstić information content (AvgIpc) is 3.36. The van der Waals surface area contributed by atoms with Crippen LogP contribution in [0, 0.1) is 0 Å². The van der Waals surface area contributed by atoms with Gasteiger partial charge in [-0.25, -0.2) is 9.69 Å². The van der Waals surface area contributed by atoms with E-state index in [0.717, 1.165) is 36.4 Å². The monoisotopic (exact) mass is 497 g/mol. The number of imide groups is 1. The second kappa shape index (κ2) is 9.23. The molecule has 3 saturated heterocycles. The van der Waals surface area contributed by atoms with Crippen molar-refractivity contribution in [3.63, 3.8) is 0 Å². The fourth-order valence-corrected chi connectivity index (χ4v) is 6.34. The van der Waals surface area contributed by atoms with Crippen LogP contribution < -0.4 is 5.73 Å². The molecule has 0 aliphatic carbocycles. The molecule has 2 N–H and O–H groups in total. The van der Waals surface area contributed by atoms with E-state index in [9.17, 15) is 14.4 Å². The van der Waals surface area contributed by atoms with Crippen molar-refractivity contribution in [1.82, 2.24) is 19.7 Å². The number of carbonyl (C=O) groups excluding carboxylic acids is 3. The Kier molecular flexibility index (Phi) is 6.27. The highest BCUT2D eigenvalue weighted by Crippen LogP contribution is 2.37. The van der Waals surface area contributed by atoms with Gasteiger partial charge in [-0.2, -0.15) is 0 Å². The van der Waals surface area contributed by atoms with Gasteiger partial charge in [0, 0.05) is 37.9 Å². The Balaban J connectivity index is 1.22. The second-order valence-electron chi connectivity index (χ2n) is 9.83. The first kappa shape index (κ1) is 23.7. The number of hydrogen-bond donors (Lipinski definition) is 1. The fraction of sp³-hybridized carbons (Fsp3) is 0.520. The number of ether oxygens (including phenoxy) is 1. The van der Waals surface area contributed by atoms with Crippen molar-refractivity contribution in [2.75, 3.05) is 31.9 Å². The van der Waals surface area contributed by atoms with Gasteiger partial charge in [-0.1, -0.05) is 6.07 Å². The molecular formula is C25H31N5O4S. The average molecular weight is 498 g/mol. The summed E-state index contributed by atoms with van der Waals surface area (Å²) >= 11 is 1.38. The Morgan fingerprint density at radius 1 is 1.23 bits per heavy atom. The number of hydrogen-bond acceptors (Lipinski definition) is 8. The number of likely N-dealkylation sites (tertiary alicyclic amines) is 2. The molecule has 10 heteroatoms. The summed E-state index contributed by atoms with van der Waals surface area (Å²) in [5, 5.41) is 0.506. The van der Waals surface area contributed by atoms with E-state index in [1.54, 1.807) is 6.20 Å². The maximum Gasteiger partial charge on any atom is 0.418 e. The number of pyridine rings is 1. The van der Waals surface area contributed by atoms with Crippen LogP contribution in [0.25, 0.3) is 10.6 Å². The largest absolute Gasteiger partial charge is 0.431 e. The number of aromatic nitrogens is 1. The van der Waals surface area contributed by atoms with Crippen molar-refractivity contribution in [3.8, 4) is 10.6 Å². The topological polar surface area (TPSA) is 109 Å². The van der Waals surface area contributed by atoms with Gasteiger partial charge in [0.25, 0.3) is 11.8 Å². The molecule has 1 atom stereocenters. The highest BCUT2D eigenvalue weighted by Gasteiger charge is 2.56. The van der Waals surface area contributed by atoms with Gasteiger partial charge >= 0.3 is 6.09 Å². The van der Waals surface area contributed by atoms with E-state index >= 15 is 0 Å². The van der Waals surface area contributed by atoms with Gasteiger partial charge in [0.1, 0.15) is 0 Å². The van der Waals surface area contributed by atoms with Gasteiger partial charge < -0.3 is 15.4 Å². The third kappa shape index (κ3) is 4.29. The highest BCUT2D eigenvalue weighted by atomic mass is 32.1. The molecule has 3 fully saturated rings. The number of amides is 3. The first-order valence-electron chi connectivity index (χ1n) is 12.2. The number of thiophene rings is 1. The molecule has 5 heterocycles. The lowest BCUT2D eigenvalue weighted by Crippen LogP contribution is -2.58. The zero-order valence-corrected chi connectivity index (χ0v) is 20.9. The third-order valence-electron chi connectivity index (χ3n) is 7.27. The van der Waals surface area contributed by atoms with Crippen LogP contribution in [0.3, 0.4) is 0 Å². The molecule has 2 aromatic heterocycles. The molecule has 3 aliphatic rings. The number of nitrogens with zero attached hydrogens (tertiary/aromatic N) is 4. The van der Waals surface area contributed by atoms with Crippen LogP contribution in [0.15, 0.2) is 30.5 Å². The molecule has 2 aromatic rings. The van der Waals surface area contributed by atoms with Crippen LogP contribution in [-0.2, 0) is 9.53 Å². The molecule has 186 valence electrons. The van der Waals surface area contributed by atoms with E-state index in [0.29, 0.717) is 36.6 Å². The minimum atomic E-state index is -1.07. The molecule has 0 saturated carbocycles. The number of nitrogen functional groups attached to an aromatic ring is 1. The van der Waals surface area contributed by atoms with Crippen LogP contribution in [-0.4, -0.2) is 81.5 Å². The van der Waals surface area contributed by atoms with Crippen molar-refractivity contribution in [2.45, 2.75) is 57.2 Å². The molecule has 3 aliphatic heterocycles. The number of rotatable bonds is 4. The Morgan fingerprint density at radius 3 is 2.66 bits per heavy atom. The maximum absolute atomic E-state index is 13.2. The van der Waals surface area contributed by atoms with Crippen LogP contribution in [0.2, 0.25) is 0 Å². The van der Waals surface area contributed by atoms with Crippen LogP contribution in [0.5, 0.6) is 0 Å². The van der Waals surface area contributed by atoms with Gasteiger partial charge in [0.2, 0.25) is 5.60 Å². The minimum Gasteiger partial charge on any atom is -0.431 e. The van der Waals surface area contributed by atoms with Gasteiger partial charge in [-0.3, -0.25) is 19.5 Å². The van der Waals surface area contributed by atoms with Crippen molar-refractivity contribution in [1.29, 1.82) is 0 Å². The van der Waals surface area contributed by atoms with Crippen molar-refractivity contribution >= 4 is 34.2 Å². The molecule has 1 spiro atoms. The summed E-state index contributed by atoms with van der Waals surface area (Å²) in [6.07, 6.45) is 4.15. The normalized spacial score (nSPS) is 24.0. The Hall–Kier alpha value is -2.98. The Morgan fingerprint density at radius 2 is 2.00 bits per heavy atom. The fourth-order valence-electron chi connectivity index (χ4n) is 5.44. The summed E-state index contributed by atoms with van der Waals surface area (Å²) in [6.45, 7) is 6.17. The summed E-state index contributed by atoms with van der Waals surface area (Å²) in [7, 11) is 0. The van der Waals surface area contributed by atoms with E-state index < -0.39 is 11.7 Å². The Labute approximate surface area is 208 Å². The lowest BCUT2D eigenvalue weighted by atomic mass is 9.89. The van der Waals surface area contributed by atoms with Crippen molar-refractivity contribution in [3.05, 3.63) is 36.0 Å². The molecule has 0 radical (unpaired) electrons. The first-order valence-corrected chi connectivity index (χ1v) is 13.0. The summed E-state index contributed by atoms with van der Waals surface area (Å²) < 4.78 is 5.68. The van der Waals surface area contributed by atoms with Crippen molar-refractivity contribution < 1.29 is 19.1 Å². The van der Waals surface area contributed by atoms with Gasteiger partial charge in [0.15, 0.2) is 0 Å². The Bertz CT molecular complexity index is 1130. The lowest BCUT2D eigenvalue weighted by molar-refractivity contribution is -0.143. The quantitative estimate of drug-likeness (QED) is 0.691. The predicted octanol–water partition coefficient (Wildman–Crippen LogP) is 3.22. The smallest absolute Gasteiger partial charge is 0.418 e. The highest BCUT2D eigenvalue weighted by molar-refractivity contribution is 7.19. The van der Waals surface area contributed by atoms with Gasteiger partial charge in [-0.05, 0) is 64.3 Å². The standard InChI is InChI=1S/C25H31N5O4S/c1-16(2)30-23(32)25(34-24(30)33)9-5-11-29(15-25)17-7-12-28(13-8-17)22(31)18-14-20(35-21(18)26)19-6-3-4-10-27-19/h3-4,6,10,14,16-17H,5,7-9,11-13,15,26H2,1-2H3. The van der Waals surface area contributed by atoms with E-state index in [-0.39, 0.29) is 23.9 Å². The molecule has 3 amide bonds. The maximum atomic E-state index is 13.2. The van der Waals surface area contributed by atoms with E-state index in [1.165, 1.54) is 16.2 Å². The molecule has 5 rings (SSSR count). The molecule has 9 nitrogen and oxygen atoms in total. The number of carbonyl (C=O) groups is 3. The lowest BCUT2D eigenvalue weighted by Gasteiger charge is -2.44. The first-order chi connectivity index (χ1) is 16.8. The molecule has 1 unspecified atom stereocenters. The predicted molar refractivity (Wildman–Crippen MR) is 133 cm³/mol. The van der Waals surface area contributed by atoms with Crippen LogP contribution in [0.4, 0.5) is 9.80 Å². The summed E-state index contributed by atoms with van der Waals surface area (Å²) in [4.78, 5) is 49.3. The summed E-state index contributed by atoms with van der Waals surface area (Å²) in [5.41, 5.74) is 6.48. The summed E-state index contributed by atoms with van der Waals surface area (Å²) in [5.74, 6) is -0.270. The SMILES string of the molecule is CC(C)N1C(=O)OC2(CCCN(C3CCN(C(=O)c4cc(-c5ccccn5)sc4N)CC3)C2)C1=O.